The number of carbonyl (C=O) groups excluding carboxylic acids is 2. The Morgan fingerprint density at radius 2 is 1.70 bits per heavy atom. The standard InChI is InChI=1S/C26H28N2O2/c1-19(2)7-5-11-25(29)21-8-6-9-23(18-21)28-22-14-12-20(13-15-22)17-26(30)24-10-3-4-16-27-24/h3-4,6,8-10,12-16,18-19,28H,5,7,11,17H2,1-2H3. The molecule has 3 rings (SSSR count). The van der Waals surface area contributed by atoms with Crippen molar-refractivity contribution in [3.05, 3.63) is 89.7 Å². The first-order valence-electron chi connectivity index (χ1n) is 10.4. The Morgan fingerprint density at radius 3 is 2.40 bits per heavy atom. The predicted octanol–water partition coefficient (Wildman–Crippen LogP) is 6.26. The molecular weight excluding hydrogens is 372 g/mol. The maximum Gasteiger partial charge on any atom is 0.185 e. The van der Waals surface area contributed by atoms with Gasteiger partial charge in [-0.1, -0.05) is 50.6 Å². The lowest BCUT2D eigenvalue weighted by Gasteiger charge is -2.09. The summed E-state index contributed by atoms with van der Waals surface area (Å²) in [5.74, 6) is 0.802. The smallest absolute Gasteiger partial charge is 0.185 e. The van der Waals surface area contributed by atoms with Crippen LogP contribution in [0.25, 0.3) is 0 Å². The summed E-state index contributed by atoms with van der Waals surface area (Å²) in [6.07, 6.45) is 4.52. The molecule has 0 aliphatic rings. The fourth-order valence-corrected chi connectivity index (χ4v) is 3.26. The van der Waals surface area contributed by atoms with E-state index in [1.807, 2.05) is 54.6 Å². The highest BCUT2D eigenvalue weighted by Gasteiger charge is 2.09. The highest BCUT2D eigenvalue weighted by Crippen LogP contribution is 2.20. The molecule has 0 spiro atoms. The molecule has 0 aliphatic heterocycles. The number of hydrogen-bond donors (Lipinski definition) is 1. The van der Waals surface area contributed by atoms with E-state index < -0.39 is 0 Å². The highest BCUT2D eigenvalue weighted by atomic mass is 16.1. The lowest BCUT2D eigenvalue weighted by atomic mass is 10.0. The molecule has 3 aromatic rings. The Hall–Kier alpha value is -3.27. The van der Waals surface area contributed by atoms with E-state index in [-0.39, 0.29) is 11.6 Å². The molecular formula is C26H28N2O2. The number of anilines is 2. The van der Waals surface area contributed by atoms with E-state index in [0.717, 1.165) is 35.3 Å². The van der Waals surface area contributed by atoms with E-state index in [0.29, 0.717) is 24.5 Å². The second-order valence-electron chi connectivity index (χ2n) is 7.93. The Morgan fingerprint density at radius 1 is 0.900 bits per heavy atom. The molecule has 0 aliphatic carbocycles. The fourth-order valence-electron chi connectivity index (χ4n) is 3.26. The maximum absolute atomic E-state index is 12.4. The molecule has 0 unspecified atom stereocenters. The molecule has 0 bridgehead atoms. The second-order valence-corrected chi connectivity index (χ2v) is 7.93. The topological polar surface area (TPSA) is 59.1 Å². The molecule has 4 nitrogen and oxygen atoms in total. The summed E-state index contributed by atoms with van der Waals surface area (Å²) in [5, 5.41) is 3.34. The molecule has 4 heteroatoms. The van der Waals surface area contributed by atoms with Crippen molar-refractivity contribution < 1.29 is 9.59 Å². The summed E-state index contributed by atoms with van der Waals surface area (Å²) < 4.78 is 0. The molecule has 154 valence electrons. The lowest BCUT2D eigenvalue weighted by molar-refractivity contribution is 0.0973. The van der Waals surface area contributed by atoms with Gasteiger partial charge in [-0.05, 0) is 54.3 Å². The van der Waals surface area contributed by atoms with Crippen LogP contribution in [0.3, 0.4) is 0 Å². The number of carbonyl (C=O) groups is 2. The van der Waals surface area contributed by atoms with Crippen molar-refractivity contribution in [2.75, 3.05) is 5.32 Å². The van der Waals surface area contributed by atoms with Crippen molar-refractivity contribution >= 4 is 22.9 Å². The highest BCUT2D eigenvalue weighted by molar-refractivity contribution is 5.97. The Labute approximate surface area is 178 Å². The van der Waals surface area contributed by atoms with Gasteiger partial charge in [0.05, 0.1) is 0 Å². The van der Waals surface area contributed by atoms with Crippen LogP contribution in [-0.2, 0) is 6.42 Å². The zero-order valence-corrected chi connectivity index (χ0v) is 17.6. The SMILES string of the molecule is CC(C)CCCC(=O)c1cccc(Nc2ccc(CC(=O)c3ccccn3)cc2)c1. The van der Waals surface area contributed by atoms with E-state index in [4.69, 9.17) is 0 Å². The third kappa shape index (κ3) is 6.38. The van der Waals surface area contributed by atoms with Crippen LogP contribution < -0.4 is 5.32 Å². The van der Waals surface area contributed by atoms with Gasteiger partial charge in [0.25, 0.3) is 0 Å². The minimum atomic E-state index is -0.00000971. The van der Waals surface area contributed by atoms with Crippen molar-refractivity contribution in [3.63, 3.8) is 0 Å². The lowest BCUT2D eigenvalue weighted by Crippen LogP contribution is -2.05. The molecule has 1 heterocycles. The van der Waals surface area contributed by atoms with Crippen molar-refractivity contribution in [2.45, 2.75) is 39.5 Å². The molecule has 0 fully saturated rings. The average molecular weight is 401 g/mol. The molecule has 2 aromatic carbocycles. The fraction of sp³-hybridized carbons (Fsp3) is 0.269. The molecule has 0 saturated heterocycles. The minimum Gasteiger partial charge on any atom is -0.356 e. The van der Waals surface area contributed by atoms with Crippen molar-refractivity contribution in [1.82, 2.24) is 4.98 Å². The molecule has 0 amide bonds. The number of hydrogen-bond acceptors (Lipinski definition) is 4. The molecule has 30 heavy (non-hydrogen) atoms. The van der Waals surface area contributed by atoms with Crippen LogP contribution >= 0.6 is 0 Å². The predicted molar refractivity (Wildman–Crippen MR) is 121 cm³/mol. The Bertz CT molecular complexity index is 979. The van der Waals surface area contributed by atoms with Gasteiger partial charge >= 0.3 is 0 Å². The number of ketones is 2. The minimum absolute atomic E-state index is 0.00000971. The van der Waals surface area contributed by atoms with Gasteiger partial charge in [-0.15, -0.1) is 0 Å². The van der Waals surface area contributed by atoms with Crippen LogP contribution in [-0.4, -0.2) is 16.6 Å². The Balaban J connectivity index is 1.59. The van der Waals surface area contributed by atoms with Gasteiger partial charge < -0.3 is 5.32 Å². The van der Waals surface area contributed by atoms with Gasteiger partial charge in [0.15, 0.2) is 11.6 Å². The third-order valence-corrected chi connectivity index (χ3v) is 4.93. The number of pyridine rings is 1. The molecule has 1 aromatic heterocycles. The quantitative estimate of drug-likeness (QED) is 0.408. The Kier molecular flexibility index (Phi) is 7.50. The number of nitrogens with one attached hydrogen (secondary N) is 1. The molecule has 1 N–H and O–H groups in total. The van der Waals surface area contributed by atoms with E-state index in [1.165, 1.54) is 0 Å². The normalized spacial score (nSPS) is 10.8. The van der Waals surface area contributed by atoms with Crippen molar-refractivity contribution in [3.8, 4) is 0 Å². The largest absolute Gasteiger partial charge is 0.356 e. The van der Waals surface area contributed by atoms with Crippen LogP contribution in [0.1, 0.15) is 59.5 Å². The average Bonchev–Trinajstić information content (AvgIpc) is 2.75. The van der Waals surface area contributed by atoms with Crippen molar-refractivity contribution in [1.29, 1.82) is 0 Å². The first-order valence-corrected chi connectivity index (χ1v) is 10.4. The van der Waals surface area contributed by atoms with Crippen LogP contribution in [0.4, 0.5) is 11.4 Å². The van der Waals surface area contributed by atoms with Gasteiger partial charge in [-0.3, -0.25) is 14.6 Å². The third-order valence-electron chi connectivity index (χ3n) is 4.93. The van der Waals surface area contributed by atoms with E-state index in [1.54, 1.807) is 18.3 Å². The molecule has 0 saturated carbocycles. The number of rotatable bonds is 10. The summed E-state index contributed by atoms with van der Waals surface area (Å²) in [6, 6.07) is 20.7. The van der Waals surface area contributed by atoms with Crippen LogP contribution in [0.15, 0.2) is 72.9 Å². The van der Waals surface area contributed by atoms with Crippen LogP contribution in [0, 0.1) is 5.92 Å². The summed E-state index contributed by atoms with van der Waals surface area (Å²) >= 11 is 0. The van der Waals surface area contributed by atoms with Crippen molar-refractivity contribution in [2.24, 2.45) is 5.92 Å². The summed E-state index contributed by atoms with van der Waals surface area (Å²) in [4.78, 5) is 28.8. The van der Waals surface area contributed by atoms with E-state index >= 15 is 0 Å². The molecule has 0 atom stereocenters. The first kappa shape index (κ1) is 21.4. The number of aromatic nitrogens is 1. The van der Waals surface area contributed by atoms with E-state index in [2.05, 4.69) is 24.1 Å². The number of benzene rings is 2. The molecule has 0 radical (unpaired) electrons. The van der Waals surface area contributed by atoms with Crippen LogP contribution in [0.2, 0.25) is 0 Å². The first-order chi connectivity index (χ1) is 14.5. The van der Waals surface area contributed by atoms with E-state index in [9.17, 15) is 9.59 Å². The van der Waals surface area contributed by atoms with Gasteiger partial charge in [0, 0.05) is 36.0 Å². The van der Waals surface area contributed by atoms with Gasteiger partial charge in [0.2, 0.25) is 0 Å². The zero-order chi connectivity index (χ0) is 21.3. The second kappa shape index (κ2) is 10.5. The van der Waals surface area contributed by atoms with Gasteiger partial charge in [-0.2, -0.15) is 0 Å². The number of nitrogens with zero attached hydrogens (tertiary/aromatic N) is 1. The monoisotopic (exact) mass is 400 g/mol. The summed E-state index contributed by atoms with van der Waals surface area (Å²) in [7, 11) is 0. The number of Topliss-reactive ketones (excluding diaryl/α,β-unsaturated/α-hetero) is 2. The summed E-state index contributed by atoms with van der Waals surface area (Å²) in [6.45, 7) is 4.35. The van der Waals surface area contributed by atoms with Gasteiger partial charge in [-0.25, -0.2) is 0 Å². The van der Waals surface area contributed by atoms with Gasteiger partial charge in [0.1, 0.15) is 5.69 Å². The summed E-state index contributed by atoms with van der Waals surface area (Å²) in [5.41, 5.74) is 3.94. The van der Waals surface area contributed by atoms with Crippen LogP contribution in [0.5, 0.6) is 0 Å². The maximum atomic E-state index is 12.4. The zero-order valence-electron chi connectivity index (χ0n) is 17.6.